The lowest BCUT2D eigenvalue weighted by atomic mass is 10.3. The van der Waals surface area contributed by atoms with E-state index in [2.05, 4.69) is 4.98 Å². The SMILES string of the molecule is CCN(OC)c1ccc(N)c(C)n1. The molecular formula is C9H15N3O. The van der Waals surface area contributed by atoms with Crippen molar-refractivity contribution in [2.24, 2.45) is 0 Å². The van der Waals surface area contributed by atoms with E-state index < -0.39 is 0 Å². The first-order valence-corrected chi connectivity index (χ1v) is 4.23. The number of aromatic nitrogens is 1. The van der Waals surface area contributed by atoms with Gasteiger partial charge in [-0.25, -0.2) is 10.0 Å². The second-order valence-electron chi connectivity index (χ2n) is 2.72. The molecule has 0 aliphatic carbocycles. The molecular weight excluding hydrogens is 166 g/mol. The predicted molar refractivity (Wildman–Crippen MR) is 53.4 cm³/mol. The maximum Gasteiger partial charge on any atom is 0.152 e. The van der Waals surface area contributed by atoms with Crippen LogP contribution >= 0.6 is 0 Å². The van der Waals surface area contributed by atoms with Gasteiger partial charge in [-0.2, -0.15) is 0 Å². The third kappa shape index (κ3) is 2.09. The van der Waals surface area contributed by atoms with Crippen LogP contribution in [-0.2, 0) is 4.84 Å². The van der Waals surface area contributed by atoms with Crippen molar-refractivity contribution in [2.45, 2.75) is 13.8 Å². The Bertz CT molecular complexity index is 284. The Morgan fingerprint density at radius 1 is 1.54 bits per heavy atom. The fourth-order valence-electron chi connectivity index (χ4n) is 1.08. The summed E-state index contributed by atoms with van der Waals surface area (Å²) in [6, 6.07) is 3.68. The van der Waals surface area contributed by atoms with Gasteiger partial charge in [-0.15, -0.1) is 0 Å². The van der Waals surface area contributed by atoms with E-state index in [1.54, 1.807) is 12.2 Å². The summed E-state index contributed by atoms with van der Waals surface area (Å²) in [6.45, 7) is 4.63. The first-order valence-electron chi connectivity index (χ1n) is 4.23. The van der Waals surface area contributed by atoms with E-state index in [1.165, 1.54) is 0 Å². The molecule has 72 valence electrons. The number of nitrogen functional groups attached to an aromatic ring is 1. The number of rotatable bonds is 3. The Kier molecular flexibility index (Phi) is 3.08. The van der Waals surface area contributed by atoms with Crippen molar-refractivity contribution in [1.29, 1.82) is 0 Å². The molecule has 1 aromatic heterocycles. The number of hydrogen-bond acceptors (Lipinski definition) is 4. The highest BCUT2D eigenvalue weighted by molar-refractivity contribution is 5.49. The molecule has 0 aliphatic rings. The fraction of sp³-hybridized carbons (Fsp3) is 0.444. The van der Waals surface area contributed by atoms with Gasteiger partial charge in [-0.05, 0) is 26.0 Å². The molecule has 13 heavy (non-hydrogen) atoms. The zero-order valence-corrected chi connectivity index (χ0v) is 8.24. The molecule has 4 heteroatoms. The Morgan fingerprint density at radius 2 is 2.23 bits per heavy atom. The van der Waals surface area contributed by atoms with E-state index in [4.69, 9.17) is 10.6 Å². The van der Waals surface area contributed by atoms with Crippen LogP contribution in [0.3, 0.4) is 0 Å². The molecule has 2 N–H and O–H groups in total. The minimum absolute atomic E-state index is 0.705. The molecule has 1 aromatic rings. The molecule has 0 aromatic carbocycles. The summed E-state index contributed by atoms with van der Waals surface area (Å²) in [5, 5.41) is 1.70. The number of aryl methyl sites for hydroxylation is 1. The molecule has 1 heterocycles. The molecule has 0 saturated heterocycles. The Balaban J connectivity index is 2.95. The third-order valence-electron chi connectivity index (χ3n) is 1.88. The van der Waals surface area contributed by atoms with Gasteiger partial charge >= 0.3 is 0 Å². The molecule has 0 unspecified atom stereocenters. The maximum absolute atomic E-state index is 5.65. The van der Waals surface area contributed by atoms with Gasteiger partial charge < -0.3 is 5.73 Å². The number of hydrogen-bond donors (Lipinski definition) is 1. The highest BCUT2D eigenvalue weighted by Gasteiger charge is 2.05. The van der Waals surface area contributed by atoms with Crippen LogP contribution in [0.5, 0.6) is 0 Å². The van der Waals surface area contributed by atoms with Crippen LogP contribution < -0.4 is 10.8 Å². The third-order valence-corrected chi connectivity index (χ3v) is 1.88. The first kappa shape index (κ1) is 9.80. The van der Waals surface area contributed by atoms with Gasteiger partial charge in [0.15, 0.2) is 5.82 Å². The molecule has 1 rings (SSSR count). The second-order valence-corrected chi connectivity index (χ2v) is 2.72. The smallest absolute Gasteiger partial charge is 0.152 e. The van der Waals surface area contributed by atoms with Gasteiger partial charge in [0.1, 0.15) is 0 Å². The summed E-state index contributed by atoms with van der Waals surface area (Å²) >= 11 is 0. The number of nitrogens with two attached hydrogens (primary N) is 1. The summed E-state index contributed by atoms with van der Waals surface area (Å²) in [7, 11) is 1.62. The van der Waals surface area contributed by atoms with E-state index in [9.17, 15) is 0 Å². The Labute approximate surface area is 78.3 Å². The van der Waals surface area contributed by atoms with Crippen LogP contribution in [0.15, 0.2) is 12.1 Å². The average molecular weight is 181 g/mol. The van der Waals surface area contributed by atoms with Gasteiger partial charge in [0, 0.05) is 6.54 Å². The van der Waals surface area contributed by atoms with Crippen molar-refractivity contribution >= 4 is 11.5 Å². The average Bonchev–Trinajstić information content (AvgIpc) is 2.13. The number of hydroxylamine groups is 1. The first-order chi connectivity index (χ1) is 6.19. The Morgan fingerprint density at radius 3 is 2.69 bits per heavy atom. The van der Waals surface area contributed by atoms with Gasteiger partial charge in [-0.1, -0.05) is 0 Å². The minimum Gasteiger partial charge on any atom is -0.397 e. The van der Waals surface area contributed by atoms with Crippen molar-refractivity contribution in [2.75, 3.05) is 24.5 Å². The van der Waals surface area contributed by atoms with E-state index in [0.29, 0.717) is 5.69 Å². The monoisotopic (exact) mass is 181 g/mol. The van der Waals surface area contributed by atoms with Crippen LogP contribution in [0.1, 0.15) is 12.6 Å². The summed E-state index contributed by atoms with van der Waals surface area (Å²) in [6.07, 6.45) is 0. The van der Waals surface area contributed by atoms with Crippen molar-refractivity contribution in [1.82, 2.24) is 4.98 Å². The summed E-state index contributed by atoms with van der Waals surface area (Å²) in [5.74, 6) is 0.789. The van der Waals surface area contributed by atoms with E-state index in [0.717, 1.165) is 18.1 Å². The van der Waals surface area contributed by atoms with E-state index in [-0.39, 0.29) is 0 Å². The summed E-state index contributed by atoms with van der Waals surface area (Å²) < 4.78 is 0. The molecule has 0 spiro atoms. The standard InChI is InChI=1S/C9H15N3O/c1-4-12(13-3)9-6-5-8(10)7(2)11-9/h5-6H,4,10H2,1-3H3. The Hall–Kier alpha value is -1.29. The van der Waals surface area contributed by atoms with Gasteiger partial charge in [0.25, 0.3) is 0 Å². The number of nitrogens with zero attached hydrogens (tertiary/aromatic N) is 2. The van der Waals surface area contributed by atoms with Crippen LogP contribution in [0.2, 0.25) is 0 Å². The van der Waals surface area contributed by atoms with Crippen LogP contribution in [0.25, 0.3) is 0 Å². The fourth-order valence-corrected chi connectivity index (χ4v) is 1.08. The van der Waals surface area contributed by atoms with Crippen molar-refractivity contribution in [3.8, 4) is 0 Å². The molecule has 0 radical (unpaired) electrons. The normalized spacial score (nSPS) is 10.1. The zero-order chi connectivity index (χ0) is 9.84. The molecule has 0 saturated carbocycles. The quantitative estimate of drug-likeness (QED) is 0.715. The number of pyridine rings is 1. The summed E-state index contributed by atoms with van der Waals surface area (Å²) in [4.78, 5) is 9.40. The lowest BCUT2D eigenvalue weighted by Gasteiger charge is -2.18. The van der Waals surface area contributed by atoms with E-state index >= 15 is 0 Å². The minimum atomic E-state index is 0.705. The molecule has 0 atom stereocenters. The molecule has 0 amide bonds. The highest BCUT2D eigenvalue weighted by atomic mass is 16.7. The second kappa shape index (κ2) is 4.09. The van der Waals surface area contributed by atoms with Gasteiger partial charge in [0.2, 0.25) is 0 Å². The van der Waals surface area contributed by atoms with Crippen LogP contribution in [0.4, 0.5) is 11.5 Å². The molecule has 0 bridgehead atoms. The molecule has 0 aliphatic heterocycles. The highest BCUT2D eigenvalue weighted by Crippen LogP contribution is 2.15. The zero-order valence-electron chi connectivity index (χ0n) is 8.24. The summed E-state index contributed by atoms with van der Waals surface area (Å²) in [5.41, 5.74) is 7.18. The lowest BCUT2D eigenvalue weighted by Crippen LogP contribution is -2.22. The lowest BCUT2D eigenvalue weighted by molar-refractivity contribution is 0.168. The largest absolute Gasteiger partial charge is 0.397 e. The van der Waals surface area contributed by atoms with Crippen LogP contribution in [-0.4, -0.2) is 18.6 Å². The van der Waals surface area contributed by atoms with Gasteiger partial charge in [0.05, 0.1) is 18.5 Å². The molecule has 4 nitrogen and oxygen atoms in total. The van der Waals surface area contributed by atoms with Crippen molar-refractivity contribution in [3.63, 3.8) is 0 Å². The topological polar surface area (TPSA) is 51.4 Å². The molecule has 0 fully saturated rings. The van der Waals surface area contributed by atoms with Crippen LogP contribution in [0, 0.1) is 6.92 Å². The number of anilines is 2. The maximum atomic E-state index is 5.65. The van der Waals surface area contributed by atoms with Gasteiger partial charge in [-0.3, -0.25) is 4.84 Å². The van der Waals surface area contributed by atoms with Crippen molar-refractivity contribution < 1.29 is 4.84 Å². The van der Waals surface area contributed by atoms with Crippen molar-refractivity contribution in [3.05, 3.63) is 17.8 Å². The predicted octanol–water partition coefficient (Wildman–Crippen LogP) is 1.36. The van der Waals surface area contributed by atoms with E-state index in [1.807, 2.05) is 26.0 Å².